The molecule has 0 aromatic carbocycles. The van der Waals surface area contributed by atoms with Crippen molar-refractivity contribution in [3.05, 3.63) is 23.4 Å². The van der Waals surface area contributed by atoms with Gasteiger partial charge in [0.25, 0.3) is 5.91 Å². The molecule has 5 nitrogen and oxygen atoms in total. The molecule has 1 aliphatic rings. The van der Waals surface area contributed by atoms with E-state index in [2.05, 4.69) is 36.5 Å². The second kappa shape index (κ2) is 6.43. The summed E-state index contributed by atoms with van der Waals surface area (Å²) in [4.78, 5) is 16.9. The number of aromatic nitrogens is 1. The van der Waals surface area contributed by atoms with Crippen LogP contribution in [0.25, 0.3) is 0 Å². The third kappa shape index (κ3) is 4.17. The molecule has 2 rings (SSSR count). The van der Waals surface area contributed by atoms with Crippen molar-refractivity contribution in [2.24, 2.45) is 5.84 Å². The highest BCUT2D eigenvalue weighted by Crippen LogP contribution is 2.24. The Morgan fingerprint density at radius 2 is 1.90 bits per heavy atom. The van der Waals surface area contributed by atoms with E-state index in [1.54, 1.807) is 6.07 Å². The van der Waals surface area contributed by atoms with Gasteiger partial charge in [0.05, 0.1) is 0 Å². The Kier molecular flexibility index (Phi) is 4.83. The number of nitrogens with zero attached hydrogens (tertiary/aromatic N) is 1. The molecule has 0 bridgehead atoms. The van der Waals surface area contributed by atoms with Crippen LogP contribution in [0.15, 0.2) is 12.1 Å². The number of hydrazine groups is 1. The number of nitrogens with one attached hydrogen (secondary N) is 2. The molecule has 4 N–H and O–H groups in total. The Labute approximate surface area is 126 Å². The molecule has 0 spiro atoms. The molecule has 1 heterocycles. The molecule has 0 aliphatic heterocycles. The SMILES string of the molecule is CC(C)(C)c1cc(C(=O)NC2CCCCC2)cc(NN)n1. The smallest absolute Gasteiger partial charge is 0.251 e. The maximum atomic E-state index is 12.5. The number of pyridine rings is 1. The van der Waals surface area contributed by atoms with Gasteiger partial charge in [-0.25, -0.2) is 10.8 Å². The molecule has 1 aromatic rings. The van der Waals surface area contributed by atoms with Crippen molar-refractivity contribution in [1.29, 1.82) is 0 Å². The van der Waals surface area contributed by atoms with Crippen LogP contribution in [0, 0.1) is 0 Å². The molecule has 1 saturated carbocycles. The van der Waals surface area contributed by atoms with E-state index in [-0.39, 0.29) is 11.3 Å². The summed E-state index contributed by atoms with van der Waals surface area (Å²) in [7, 11) is 0. The van der Waals surface area contributed by atoms with Crippen LogP contribution in [0.2, 0.25) is 0 Å². The zero-order valence-corrected chi connectivity index (χ0v) is 13.2. The highest BCUT2D eigenvalue weighted by Gasteiger charge is 2.21. The number of hydrogen-bond acceptors (Lipinski definition) is 4. The van der Waals surface area contributed by atoms with Gasteiger partial charge in [0.1, 0.15) is 5.82 Å². The van der Waals surface area contributed by atoms with E-state index in [0.717, 1.165) is 18.5 Å². The van der Waals surface area contributed by atoms with Crippen LogP contribution in [0.1, 0.15) is 68.9 Å². The quantitative estimate of drug-likeness (QED) is 0.590. The maximum Gasteiger partial charge on any atom is 0.251 e. The van der Waals surface area contributed by atoms with Gasteiger partial charge in [0.15, 0.2) is 0 Å². The second-order valence-electron chi connectivity index (χ2n) is 6.83. The number of carbonyl (C=O) groups excluding carboxylic acids is 1. The molecule has 0 unspecified atom stereocenters. The fraction of sp³-hybridized carbons (Fsp3) is 0.625. The minimum atomic E-state index is -0.132. The summed E-state index contributed by atoms with van der Waals surface area (Å²) in [6.45, 7) is 6.20. The lowest BCUT2D eigenvalue weighted by atomic mass is 9.90. The van der Waals surface area contributed by atoms with Gasteiger partial charge in [-0.05, 0) is 25.0 Å². The van der Waals surface area contributed by atoms with E-state index in [9.17, 15) is 4.79 Å². The van der Waals surface area contributed by atoms with Crippen molar-refractivity contribution >= 4 is 11.7 Å². The lowest BCUT2D eigenvalue weighted by molar-refractivity contribution is 0.0927. The average molecular weight is 290 g/mol. The van der Waals surface area contributed by atoms with Crippen molar-refractivity contribution in [2.45, 2.75) is 64.3 Å². The van der Waals surface area contributed by atoms with Gasteiger partial charge in [-0.2, -0.15) is 0 Å². The molecule has 0 radical (unpaired) electrons. The summed E-state index contributed by atoms with van der Waals surface area (Å²) in [6, 6.07) is 3.86. The van der Waals surface area contributed by atoms with Crippen molar-refractivity contribution in [1.82, 2.24) is 10.3 Å². The first-order valence-corrected chi connectivity index (χ1v) is 7.70. The number of nitrogen functional groups attached to an aromatic ring is 1. The van der Waals surface area contributed by atoms with Crippen LogP contribution in [0.3, 0.4) is 0 Å². The molecule has 1 fully saturated rings. The Morgan fingerprint density at radius 1 is 1.24 bits per heavy atom. The third-order valence-corrected chi connectivity index (χ3v) is 3.94. The monoisotopic (exact) mass is 290 g/mol. The normalized spacial score (nSPS) is 16.6. The predicted octanol–water partition coefficient (Wildman–Crippen LogP) is 2.73. The molecule has 1 aromatic heterocycles. The van der Waals surface area contributed by atoms with Crippen LogP contribution >= 0.6 is 0 Å². The lowest BCUT2D eigenvalue weighted by Crippen LogP contribution is -2.36. The highest BCUT2D eigenvalue weighted by molar-refractivity contribution is 5.95. The molecule has 116 valence electrons. The van der Waals surface area contributed by atoms with Crippen molar-refractivity contribution in [3.63, 3.8) is 0 Å². The number of anilines is 1. The second-order valence-corrected chi connectivity index (χ2v) is 6.83. The van der Waals surface area contributed by atoms with E-state index in [0.29, 0.717) is 17.4 Å². The predicted molar refractivity (Wildman–Crippen MR) is 85.1 cm³/mol. The van der Waals surface area contributed by atoms with Gasteiger partial charge >= 0.3 is 0 Å². The fourth-order valence-electron chi connectivity index (χ4n) is 2.64. The maximum absolute atomic E-state index is 12.5. The summed E-state index contributed by atoms with van der Waals surface area (Å²) in [5, 5.41) is 3.13. The summed E-state index contributed by atoms with van der Waals surface area (Å²) in [5.41, 5.74) is 3.89. The van der Waals surface area contributed by atoms with Gasteiger partial charge in [0, 0.05) is 22.7 Å². The molecule has 1 aliphatic carbocycles. The van der Waals surface area contributed by atoms with Crippen LogP contribution in [0.4, 0.5) is 5.82 Å². The zero-order valence-electron chi connectivity index (χ0n) is 13.2. The van der Waals surface area contributed by atoms with Crippen molar-refractivity contribution < 1.29 is 4.79 Å². The number of amides is 1. The largest absolute Gasteiger partial charge is 0.349 e. The summed E-state index contributed by atoms with van der Waals surface area (Å²) in [5.74, 6) is 5.96. The van der Waals surface area contributed by atoms with Crippen molar-refractivity contribution in [3.8, 4) is 0 Å². The number of hydrogen-bond donors (Lipinski definition) is 3. The Hall–Kier alpha value is -1.62. The van der Waals surface area contributed by atoms with E-state index in [1.807, 2.05) is 6.07 Å². The van der Waals surface area contributed by atoms with Gasteiger partial charge < -0.3 is 10.7 Å². The van der Waals surface area contributed by atoms with E-state index in [4.69, 9.17) is 5.84 Å². The Balaban J connectivity index is 2.19. The minimum absolute atomic E-state index is 0.0358. The first-order valence-electron chi connectivity index (χ1n) is 7.70. The molecule has 21 heavy (non-hydrogen) atoms. The molecule has 5 heteroatoms. The van der Waals surface area contributed by atoms with Crippen molar-refractivity contribution in [2.75, 3.05) is 5.43 Å². The first-order chi connectivity index (χ1) is 9.90. The van der Waals surface area contributed by atoms with Crippen LogP contribution in [-0.2, 0) is 5.41 Å². The Morgan fingerprint density at radius 3 is 2.48 bits per heavy atom. The van der Waals surface area contributed by atoms with Crippen LogP contribution in [-0.4, -0.2) is 16.9 Å². The fourth-order valence-corrected chi connectivity index (χ4v) is 2.64. The molecule has 0 atom stereocenters. The van der Waals surface area contributed by atoms with Gasteiger partial charge in [0.2, 0.25) is 0 Å². The van der Waals surface area contributed by atoms with Gasteiger partial charge in [-0.3, -0.25) is 4.79 Å². The minimum Gasteiger partial charge on any atom is -0.349 e. The summed E-state index contributed by atoms with van der Waals surface area (Å²) < 4.78 is 0. The first kappa shape index (κ1) is 15.8. The molecular formula is C16H26N4O. The molecule has 0 saturated heterocycles. The standard InChI is InChI=1S/C16H26N4O/c1-16(2,3)13-9-11(10-14(19-13)20-17)15(21)18-12-7-5-4-6-8-12/h9-10,12H,4-8,17H2,1-3H3,(H,18,21)(H,19,20). The summed E-state index contributed by atoms with van der Waals surface area (Å²) in [6.07, 6.45) is 5.82. The third-order valence-electron chi connectivity index (χ3n) is 3.94. The van der Waals surface area contributed by atoms with Gasteiger partial charge in [-0.15, -0.1) is 0 Å². The van der Waals surface area contributed by atoms with Gasteiger partial charge in [-0.1, -0.05) is 40.0 Å². The number of carbonyl (C=O) groups is 1. The highest BCUT2D eigenvalue weighted by atomic mass is 16.1. The number of nitrogens with two attached hydrogens (primary N) is 1. The van der Waals surface area contributed by atoms with E-state index >= 15 is 0 Å². The topological polar surface area (TPSA) is 80.0 Å². The zero-order chi connectivity index (χ0) is 15.5. The summed E-state index contributed by atoms with van der Waals surface area (Å²) >= 11 is 0. The lowest BCUT2D eigenvalue weighted by Gasteiger charge is -2.24. The van der Waals surface area contributed by atoms with E-state index < -0.39 is 0 Å². The number of rotatable bonds is 3. The van der Waals surface area contributed by atoms with E-state index in [1.165, 1.54) is 19.3 Å². The van der Waals surface area contributed by atoms with Crippen LogP contribution < -0.4 is 16.6 Å². The Bertz CT molecular complexity index is 501. The molecular weight excluding hydrogens is 264 g/mol. The average Bonchev–Trinajstić information content (AvgIpc) is 2.46. The van der Waals surface area contributed by atoms with Crippen LogP contribution in [0.5, 0.6) is 0 Å². The molecule has 1 amide bonds.